The fourth-order valence-corrected chi connectivity index (χ4v) is 1.94. The summed E-state index contributed by atoms with van der Waals surface area (Å²) < 4.78 is 0. The summed E-state index contributed by atoms with van der Waals surface area (Å²) in [5.41, 5.74) is 0.735. The van der Waals surface area contributed by atoms with Gasteiger partial charge in [0.25, 0.3) is 0 Å². The van der Waals surface area contributed by atoms with Gasteiger partial charge < -0.3 is 10.0 Å². The highest BCUT2D eigenvalue weighted by molar-refractivity contribution is 6.35. The van der Waals surface area contributed by atoms with Gasteiger partial charge in [0, 0.05) is 23.6 Å². The molecular formula is C12H15Cl2NO2. The largest absolute Gasteiger partial charge is 0.392 e. The molecule has 0 heterocycles. The Morgan fingerprint density at radius 3 is 2.65 bits per heavy atom. The number of amides is 1. The van der Waals surface area contributed by atoms with Crippen LogP contribution in [0.25, 0.3) is 0 Å². The number of hydrogen-bond acceptors (Lipinski definition) is 2. The molecule has 3 nitrogen and oxygen atoms in total. The van der Waals surface area contributed by atoms with Gasteiger partial charge in [-0.3, -0.25) is 4.79 Å². The molecule has 1 amide bonds. The van der Waals surface area contributed by atoms with E-state index in [4.69, 9.17) is 23.2 Å². The van der Waals surface area contributed by atoms with Gasteiger partial charge >= 0.3 is 0 Å². The van der Waals surface area contributed by atoms with Crippen LogP contribution in [0.4, 0.5) is 0 Å². The van der Waals surface area contributed by atoms with E-state index in [1.807, 2.05) is 0 Å². The normalized spacial score (nSPS) is 12.3. The molecule has 94 valence electrons. The van der Waals surface area contributed by atoms with Gasteiger partial charge in [-0.05, 0) is 24.6 Å². The highest BCUT2D eigenvalue weighted by Gasteiger charge is 2.13. The molecule has 0 aliphatic carbocycles. The van der Waals surface area contributed by atoms with Crippen LogP contribution in [0.5, 0.6) is 0 Å². The predicted octanol–water partition coefficient (Wildman–Crippen LogP) is 2.38. The van der Waals surface area contributed by atoms with Crippen molar-refractivity contribution in [3.63, 3.8) is 0 Å². The quantitative estimate of drug-likeness (QED) is 0.917. The van der Waals surface area contributed by atoms with E-state index in [2.05, 4.69) is 0 Å². The second-order valence-corrected chi connectivity index (χ2v) is 4.88. The maximum absolute atomic E-state index is 11.8. The summed E-state index contributed by atoms with van der Waals surface area (Å²) in [6.45, 7) is 1.95. The van der Waals surface area contributed by atoms with Gasteiger partial charge in [0.05, 0.1) is 12.5 Å². The Bertz CT molecular complexity index is 407. The zero-order valence-corrected chi connectivity index (χ0v) is 11.3. The van der Waals surface area contributed by atoms with Crippen LogP contribution >= 0.6 is 23.2 Å². The summed E-state index contributed by atoms with van der Waals surface area (Å²) in [6.07, 6.45) is -0.330. The molecule has 5 heteroatoms. The molecule has 1 rings (SSSR count). The van der Waals surface area contributed by atoms with Crippen molar-refractivity contribution in [1.29, 1.82) is 0 Å². The van der Waals surface area contributed by atoms with Crippen LogP contribution in [0.1, 0.15) is 12.5 Å². The van der Waals surface area contributed by atoms with Crippen molar-refractivity contribution >= 4 is 29.1 Å². The van der Waals surface area contributed by atoms with Crippen molar-refractivity contribution in [3.8, 4) is 0 Å². The second-order valence-electron chi connectivity index (χ2n) is 4.04. The number of nitrogens with zero attached hydrogens (tertiary/aromatic N) is 1. The first-order valence-corrected chi connectivity index (χ1v) is 6.01. The molecule has 0 fully saturated rings. The maximum Gasteiger partial charge on any atom is 0.226 e. The van der Waals surface area contributed by atoms with E-state index in [1.165, 1.54) is 4.90 Å². The number of likely N-dealkylation sites (N-methyl/N-ethyl adjacent to an activating group) is 1. The average Bonchev–Trinajstić information content (AvgIpc) is 2.21. The summed E-state index contributed by atoms with van der Waals surface area (Å²) >= 11 is 11.8. The Labute approximate surface area is 111 Å². The lowest BCUT2D eigenvalue weighted by atomic mass is 10.1. The van der Waals surface area contributed by atoms with E-state index in [-0.39, 0.29) is 12.3 Å². The molecule has 1 N–H and O–H groups in total. The molecular weight excluding hydrogens is 261 g/mol. The third kappa shape index (κ3) is 4.54. The van der Waals surface area contributed by atoms with Crippen LogP contribution in [0, 0.1) is 0 Å². The molecule has 1 atom stereocenters. The third-order valence-corrected chi connectivity index (χ3v) is 2.91. The van der Waals surface area contributed by atoms with Crippen molar-refractivity contribution in [3.05, 3.63) is 33.8 Å². The minimum atomic E-state index is -0.537. The molecule has 1 unspecified atom stereocenters. The Kier molecular flexibility index (Phi) is 5.25. The number of rotatable bonds is 4. The molecule has 17 heavy (non-hydrogen) atoms. The summed E-state index contributed by atoms with van der Waals surface area (Å²) in [4.78, 5) is 13.3. The monoisotopic (exact) mass is 275 g/mol. The topological polar surface area (TPSA) is 40.5 Å². The maximum atomic E-state index is 11.8. The van der Waals surface area contributed by atoms with E-state index >= 15 is 0 Å². The number of carbonyl (C=O) groups excluding carboxylic acids is 1. The minimum absolute atomic E-state index is 0.0878. The zero-order chi connectivity index (χ0) is 13.0. The van der Waals surface area contributed by atoms with Crippen molar-refractivity contribution in [1.82, 2.24) is 4.90 Å². The Hall–Kier alpha value is -0.770. The molecule has 0 saturated heterocycles. The van der Waals surface area contributed by atoms with Crippen LogP contribution in [-0.4, -0.2) is 35.6 Å². The van der Waals surface area contributed by atoms with E-state index in [0.29, 0.717) is 16.6 Å². The molecule has 0 saturated carbocycles. The lowest BCUT2D eigenvalue weighted by Crippen LogP contribution is -2.34. The van der Waals surface area contributed by atoms with Gasteiger partial charge in [-0.2, -0.15) is 0 Å². The van der Waals surface area contributed by atoms with E-state index in [9.17, 15) is 9.90 Å². The Morgan fingerprint density at radius 2 is 2.12 bits per heavy atom. The molecule has 0 aromatic heterocycles. The van der Waals surface area contributed by atoms with Crippen LogP contribution in [0.3, 0.4) is 0 Å². The molecule has 0 aliphatic heterocycles. The minimum Gasteiger partial charge on any atom is -0.392 e. The lowest BCUT2D eigenvalue weighted by Gasteiger charge is -2.19. The fourth-order valence-electron chi connectivity index (χ4n) is 1.46. The average molecular weight is 276 g/mol. The van der Waals surface area contributed by atoms with Gasteiger partial charge in [-0.15, -0.1) is 0 Å². The van der Waals surface area contributed by atoms with E-state index in [1.54, 1.807) is 32.2 Å². The third-order valence-electron chi connectivity index (χ3n) is 2.32. The van der Waals surface area contributed by atoms with Crippen LogP contribution < -0.4 is 0 Å². The molecule has 1 aromatic rings. The Morgan fingerprint density at radius 1 is 1.47 bits per heavy atom. The lowest BCUT2D eigenvalue weighted by molar-refractivity contribution is -0.130. The van der Waals surface area contributed by atoms with Gasteiger partial charge in [-0.25, -0.2) is 0 Å². The van der Waals surface area contributed by atoms with Gasteiger partial charge in [0.1, 0.15) is 0 Å². The SMILES string of the molecule is CC(O)CN(C)C(=O)Cc1ccc(Cl)cc1Cl. The number of hydrogen-bond donors (Lipinski definition) is 1. The standard InChI is InChI=1S/C12H15Cl2NO2/c1-8(16)7-15(2)12(17)5-9-3-4-10(13)6-11(9)14/h3-4,6,8,16H,5,7H2,1-2H3. The first kappa shape index (κ1) is 14.3. The highest BCUT2D eigenvalue weighted by Crippen LogP contribution is 2.21. The molecule has 0 bridgehead atoms. The molecule has 0 aliphatic rings. The molecule has 0 radical (unpaired) electrons. The summed E-state index contributed by atoms with van der Waals surface area (Å²) in [5, 5.41) is 10.2. The van der Waals surface area contributed by atoms with Crippen molar-refractivity contribution in [2.45, 2.75) is 19.4 Å². The highest BCUT2D eigenvalue weighted by atomic mass is 35.5. The zero-order valence-electron chi connectivity index (χ0n) is 9.78. The van der Waals surface area contributed by atoms with Crippen molar-refractivity contribution < 1.29 is 9.90 Å². The summed E-state index contributed by atoms with van der Waals surface area (Å²) in [6, 6.07) is 5.05. The Balaban J connectivity index is 2.67. The van der Waals surface area contributed by atoms with Gasteiger partial charge in [0.2, 0.25) is 5.91 Å². The summed E-state index contributed by atoms with van der Waals surface area (Å²) in [5.74, 6) is -0.0878. The number of aliphatic hydroxyl groups is 1. The van der Waals surface area contributed by atoms with Gasteiger partial charge in [0.15, 0.2) is 0 Å². The first-order valence-electron chi connectivity index (χ1n) is 5.26. The molecule has 0 spiro atoms. The van der Waals surface area contributed by atoms with E-state index < -0.39 is 6.10 Å². The summed E-state index contributed by atoms with van der Waals surface area (Å²) in [7, 11) is 1.65. The van der Waals surface area contributed by atoms with Crippen LogP contribution in [0.2, 0.25) is 10.0 Å². The first-order chi connectivity index (χ1) is 7.90. The number of benzene rings is 1. The number of aliphatic hydroxyl groups excluding tert-OH is 1. The predicted molar refractivity (Wildman–Crippen MR) is 69.5 cm³/mol. The van der Waals surface area contributed by atoms with Crippen molar-refractivity contribution in [2.75, 3.05) is 13.6 Å². The molecule has 1 aromatic carbocycles. The van der Waals surface area contributed by atoms with Crippen molar-refractivity contribution in [2.24, 2.45) is 0 Å². The smallest absolute Gasteiger partial charge is 0.226 e. The van der Waals surface area contributed by atoms with E-state index in [0.717, 1.165) is 5.56 Å². The fraction of sp³-hybridized carbons (Fsp3) is 0.417. The number of carbonyl (C=O) groups is 1. The van der Waals surface area contributed by atoms with Crippen LogP contribution in [0.15, 0.2) is 18.2 Å². The van der Waals surface area contributed by atoms with Gasteiger partial charge in [-0.1, -0.05) is 29.3 Å². The van der Waals surface area contributed by atoms with Crippen LogP contribution in [-0.2, 0) is 11.2 Å². The number of halogens is 2. The second kappa shape index (κ2) is 6.24.